The minimum absolute atomic E-state index is 0.308. The van der Waals surface area contributed by atoms with Crippen molar-refractivity contribution in [3.05, 3.63) is 39.9 Å². The quantitative estimate of drug-likeness (QED) is 0.597. The maximum absolute atomic E-state index is 13.0. The minimum atomic E-state index is -0.308. The molecule has 0 bridgehead atoms. The van der Waals surface area contributed by atoms with E-state index in [1.54, 1.807) is 13.0 Å². The van der Waals surface area contributed by atoms with Gasteiger partial charge in [0.15, 0.2) is 0 Å². The Kier molecular flexibility index (Phi) is 3.96. The number of hydrazine groups is 1. The molecule has 0 aliphatic carbocycles. The van der Waals surface area contributed by atoms with Gasteiger partial charge in [-0.05, 0) is 48.0 Å². The molecular weight excluding hydrogens is 313 g/mol. The van der Waals surface area contributed by atoms with Crippen molar-refractivity contribution in [1.82, 2.24) is 9.97 Å². The first-order valence-corrected chi connectivity index (χ1v) is 6.34. The fraction of sp³-hybridized carbons (Fsp3) is 0.167. The van der Waals surface area contributed by atoms with E-state index in [0.717, 1.165) is 5.56 Å². The van der Waals surface area contributed by atoms with Gasteiger partial charge >= 0.3 is 0 Å². The zero-order valence-electron chi connectivity index (χ0n) is 10.5. The van der Waals surface area contributed by atoms with E-state index < -0.39 is 0 Å². The number of hydrogen-bond donors (Lipinski definition) is 3. The highest BCUT2D eigenvalue weighted by atomic mass is 79.9. The van der Waals surface area contributed by atoms with Crippen LogP contribution in [0.5, 0.6) is 0 Å². The summed E-state index contributed by atoms with van der Waals surface area (Å²) in [6.07, 6.45) is 0. The third kappa shape index (κ3) is 2.99. The van der Waals surface area contributed by atoms with Crippen LogP contribution in [0.3, 0.4) is 0 Å². The van der Waals surface area contributed by atoms with Gasteiger partial charge in [0.25, 0.3) is 0 Å². The lowest BCUT2D eigenvalue weighted by molar-refractivity contribution is 0.627. The molecule has 0 fully saturated rings. The van der Waals surface area contributed by atoms with Gasteiger partial charge in [-0.2, -0.15) is 0 Å². The topological polar surface area (TPSA) is 75.9 Å². The summed E-state index contributed by atoms with van der Waals surface area (Å²) in [6.45, 7) is 3.61. The Labute approximate surface area is 118 Å². The molecule has 5 nitrogen and oxygen atoms in total. The summed E-state index contributed by atoms with van der Waals surface area (Å²) >= 11 is 3.30. The number of nitrogens with two attached hydrogens (primary N) is 1. The summed E-state index contributed by atoms with van der Waals surface area (Å²) in [5.41, 5.74) is 4.02. The molecule has 0 saturated carbocycles. The average molecular weight is 326 g/mol. The van der Waals surface area contributed by atoms with Crippen LogP contribution >= 0.6 is 15.9 Å². The van der Waals surface area contributed by atoms with E-state index in [1.807, 2.05) is 6.92 Å². The number of anilines is 3. The number of aryl methyl sites for hydroxylation is 1. The third-order valence-corrected chi connectivity index (χ3v) is 3.23. The molecule has 0 atom stereocenters. The van der Waals surface area contributed by atoms with E-state index in [2.05, 4.69) is 36.6 Å². The first kappa shape index (κ1) is 13.7. The van der Waals surface area contributed by atoms with Gasteiger partial charge in [-0.3, -0.25) is 0 Å². The summed E-state index contributed by atoms with van der Waals surface area (Å²) in [5.74, 6) is 6.85. The molecular formula is C12H13BrFN5. The van der Waals surface area contributed by atoms with Crippen LogP contribution in [-0.4, -0.2) is 9.97 Å². The van der Waals surface area contributed by atoms with E-state index in [9.17, 15) is 4.39 Å². The molecule has 2 rings (SSSR count). The van der Waals surface area contributed by atoms with Gasteiger partial charge in [-0.1, -0.05) is 0 Å². The Morgan fingerprint density at radius 1 is 1.21 bits per heavy atom. The van der Waals surface area contributed by atoms with E-state index in [1.165, 1.54) is 12.1 Å². The lowest BCUT2D eigenvalue weighted by atomic mass is 10.2. The Hall–Kier alpha value is -1.73. The highest BCUT2D eigenvalue weighted by Crippen LogP contribution is 2.28. The Balaban J connectivity index is 2.40. The predicted octanol–water partition coefficient (Wildman–Crippen LogP) is 3.02. The second kappa shape index (κ2) is 5.50. The van der Waals surface area contributed by atoms with Crippen LogP contribution in [0.2, 0.25) is 0 Å². The van der Waals surface area contributed by atoms with Crippen LogP contribution in [0, 0.1) is 19.7 Å². The van der Waals surface area contributed by atoms with E-state index in [4.69, 9.17) is 5.84 Å². The van der Waals surface area contributed by atoms with Crippen LogP contribution in [0.25, 0.3) is 0 Å². The smallest absolute Gasteiger partial charge is 0.148 e. The molecule has 19 heavy (non-hydrogen) atoms. The second-order valence-electron chi connectivity index (χ2n) is 3.99. The van der Waals surface area contributed by atoms with Gasteiger partial charge in [0.1, 0.15) is 23.3 Å². The van der Waals surface area contributed by atoms with Crippen molar-refractivity contribution in [2.45, 2.75) is 13.8 Å². The van der Waals surface area contributed by atoms with E-state index >= 15 is 0 Å². The molecule has 100 valence electrons. The van der Waals surface area contributed by atoms with Crippen molar-refractivity contribution in [1.29, 1.82) is 0 Å². The highest BCUT2D eigenvalue weighted by molar-refractivity contribution is 9.10. The second-order valence-corrected chi connectivity index (χ2v) is 4.84. The standard InChI is InChI=1S/C12H13BrFN5/c1-6-11(16-7(2)17-12(6)19-15)18-10-4-3-8(14)5-9(10)13/h3-5H,15H2,1-2H3,(H2,16,17,18,19). The summed E-state index contributed by atoms with van der Waals surface area (Å²) in [5, 5.41) is 3.12. The number of hydrogen-bond acceptors (Lipinski definition) is 5. The number of halogens is 2. The molecule has 0 radical (unpaired) electrons. The van der Waals surface area contributed by atoms with Gasteiger partial charge in [0.05, 0.1) is 5.69 Å². The Bertz CT molecular complexity index is 617. The van der Waals surface area contributed by atoms with Gasteiger partial charge < -0.3 is 10.7 Å². The van der Waals surface area contributed by atoms with Crippen molar-refractivity contribution in [3.8, 4) is 0 Å². The molecule has 2 aromatic rings. The number of nitrogens with zero attached hydrogens (tertiary/aromatic N) is 2. The van der Waals surface area contributed by atoms with Crippen molar-refractivity contribution >= 4 is 33.3 Å². The molecule has 1 aromatic heterocycles. The SMILES string of the molecule is Cc1nc(NN)c(C)c(Nc2ccc(F)cc2Br)n1. The van der Waals surface area contributed by atoms with E-state index in [-0.39, 0.29) is 5.82 Å². The summed E-state index contributed by atoms with van der Waals surface area (Å²) in [7, 11) is 0. The Morgan fingerprint density at radius 2 is 1.89 bits per heavy atom. The molecule has 7 heteroatoms. The fourth-order valence-corrected chi connectivity index (χ4v) is 2.06. The highest BCUT2D eigenvalue weighted by Gasteiger charge is 2.10. The molecule has 0 amide bonds. The van der Waals surface area contributed by atoms with Gasteiger partial charge in [-0.15, -0.1) is 0 Å². The maximum atomic E-state index is 13.0. The summed E-state index contributed by atoms with van der Waals surface area (Å²) < 4.78 is 13.7. The zero-order chi connectivity index (χ0) is 14.0. The maximum Gasteiger partial charge on any atom is 0.148 e. The van der Waals surface area contributed by atoms with Gasteiger partial charge in [0, 0.05) is 10.0 Å². The number of aromatic nitrogens is 2. The van der Waals surface area contributed by atoms with Crippen LogP contribution in [0.4, 0.5) is 21.7 Å². The van der Waals surface area contributed by atoms with Gasteiger partial charge in [0.2, 0.25) is 0 Å². The molecule has 1 heterocycles. The monoisotopic (exact) mass is 325 g/mol. The molecule has 4 N–H and O–H groups in total. The normalized spacial score (nSPS) is 10.4. The average Bonchev–Trinajstić information content (AvgIpc) is 2.36. The van der Waals surface area contributed by atoms with Crippen molar-refractivity contribution in [3.63, 3.8) is 0 Å². The largest absolute Gasteiger partial charge is 0.339 e. The fourth-order valence-electron chi connectivity index (χ4n) is 1.61. The molecule has 0 aliphatic heterocycles. The van der Waals surface area contributed by atoms with Crippen LogP contribution < -0.4 is 16.6 Å². The third-order valence-electron chi connectivity index (χ3n) is 2.58. The lowest BCUT2D eigenvalue weighted by Crippen LogP contribution is -2.13. The summed E-state index contributed by atoms with van der Waals surface area (Å²) in [6, 6.07) is 4.39. The lowest BCUT2D eigenvalue weighted by Gasteiger charge is -2.13. The predicted molar refractivity (Wildman–Crippen MR) is 76.7 cm³/mol. The first-order valence-electron chi connectivity index (χ1n) is 5.55. The van der Waals surface area contributed by atoms with Crippen LogP contribution in [0.1, 0.15) is 11.4 Å². The Morgan fingerprint density at radius 3 is 2.53 bits per heavy atom. The van der Waals surface area contributed by atoms with Crippen molar-refractivity contribution in [2.24, 2.45) is 5.84 Å². The molecule has 0 aliphatic rings. The number of nitrogens with one attached hydrogen (secondary N) is 2. The summed E-state index contributed by atoms with van der Waals surface area (Å²) in [4.78, 5) is 8.48. The number of benzene rings is 1. The molecule has 0 unspecified atom stereocenters. The molecule has 0 spiro atoms. The number of nitrogen functional groups attached to an aromatic ring is 1. The van der Waals surface area contributed by atoms with Gasteiger partial charge in [-0.25, -0.2) is 20.2 Å². The minimum Gasteiger partial charge on any atom is -0.339 e. The van der Waals surface area contributed by atoms with Crippen LogP contribution in [0.15, 0.2) is 22.7 Å². The zero-order valence-corrected chi connectivity index (χ0v) is 12.0. The first-order chi connectivity index (χ1) is 9.01. The number of rotatable bonds is 3. The van der Waals surface area contributed by atoms with Crippen molar-refractivity contribution in [2.75, 3.05) is 10.7 Å². The van der Waals surface area contributed by atoms with E-state index in [0.29, 0.717) is 27.6 Å². The van der Waals surface area contributed by atoms with Crippen molar-refractivity contribution < 1.29 is 4.39 Å². The molecule has 0 saturated heterocycles. The van der Waals surface area contributed by atoms with Crippen LogP contribution in [-0.2, 0) is 0 Å². The molecule has 1 aromatic carbocycles.